The first-order valence-electron chi connectivity index (χ1n) is 4.54. The molecule has 2 heteroatoms. The lowest BCUT2D eigenvalue weighted by atomic mass is 10.0. The zero-order chi connectivity index (χ0) is 10.4. The maximum atomic E-state index is 10.0. The van der Waals surface area contributed by atoms with Crippen molar-refractivity contribution < 1.29 is 4.79 Å². The number of hydrogen-bond donors (Lipinski definition) is 0. The van der Waals surface area contributed by atoms with E-state index in [1.165, 1.54) is 5.57 Å². The minimum atomic E-state index is 0.408. The summed E-state index contributed by atoms with van der Waals surface area (Å²) >= 11 is 0. The topological polar surface area (TPSA) is 29.4 Å². The molecule has 2 nitrogen and oxygen atoms in total. The van der Waals surface area contributed by atoms with Gasteiger partial charge in [0.25, 0.3) is 0 Å². The van der Waals surface area contributed by atoms with E-state index in [9.17, 15) is 4.79 Å². The molecule has 0 aliphatic rings. The summed E-state index contributed by atoms with van der Waals surface area (Å²) in [5.74, 6) is 0. The average molecular weight is 187 g/mol. The second kappa shape index (κ2) is 5.15. The maximum Gasteiger partial charge on any atom is 0.235 e. The molecule has 0 heterocycles. The molecule has 0 spiro atoms. The van der Waals surface area contributed by atoms with Crippen molar-refractivity contribution in [2.45, 2.75) is 20.4 Å². The third kappa shape index (κ3) is 2.41. The summed E-state index contributed by atoms with van der Waals surface area (Å²) in [6.07, 6.45) is 3.60. The Balaban J connectivity index is 3.08. The van der Waals surface area contributed by atoms with Crippen LogP contribution in [0.25, 0.3) is 5.57 Å². The number of carbonyl (C=O) groups excluding carboxylic acids is 1. The lowest BCUT2D eigenvalue weighted by Gasteiger charge is -2.06. The van der Waals surface area contributed by atoms with Gasteiger partial charge in [0.2, 0.25) is 6.08 Å². The largest absolute Gasteiger partial charge is 0.235 e. The van der Waals surface area contributed by atoms with Crippen LogP contribution in [-0.2, 0) is 11.3 Å². The first-order chi connectivity index (χ1) is 6.79. The van der Waals surface area contributed by atoms with Gasteiger partial charge < -0.3 is 0 Å². The van der Waals surface area contributed by atoms with Gasteiger partial charge in [0.1, 0.15) is 0 Å². The highest BCUT2D eigenvalue weighted by molar-refractivity contribution is 5.66. The molecule has 0 aliphatic carbocycles. The molecule has 1 rings (SSSR count). The first kappa shape index (κ1) is 10.4. The molecule has 0 aliphatic heterocycles. The summed E-state index contributed by atoms with van der Waals surface area (Å²) in [7, 11) is 0. The fourth-order valence-electron chi connectivity index (χ4n) is 1.32. The zero-order valence-corrected chi connectivity index (χ0v) is 8.45. The van der Waals surface area contributed by atoms with E-state index in [0.29, 0.717) is 6.54 Å². The van der Waals surface area contributed by atoms with Gasteiger partial charge in [-0.25, -0.2) is 9.79 Å². The highest BCUT2D eigenvalue weighted by atomic mass is 16.1. The van der Waals surface area contributed by atoms with Crippen molar-refractivity contribution in [1.82, 2.24) is 0 Å². The second-order valence-electron chi connectivity index (χ2n) is 3.04. The minimum Gasteiger partial charge on any atom is -0.211 e. The van der Waals surface area contributed by atoms with Crippen LogP contribution in [0.4, 0.5) is 0 Å². The van der Waals surface area contributed by atoms with Gasteiger partial charge in [0.05, 0.1) is 6.54 Å². The van der Waals surface area contributed by atoms with Crippen LogP contribution in [0.3, 0.4) is 0 Å². The molecule has 1 aromatic rings. The molecule has 0 N–H and O–H groups in total. The minimum absolute atomic E-state index is 0.408. The predicted molar refractivity (Wildman–Crippen MR) is 57.6 cm³/mol. The SMILES string of the molecule is CC=C(C)c1ccccc1CN=C=O. The van der Waals surface area contributed by atoms with Crippen LogP contribution >= 0.6 is 0 Å². The Morgan fingerprint density at radius 3 is 2.86 bits per heavy atom. The standard InChI is InChI=1S/C12H13NO/c1-3-10(2)12-7-5-4-6-11(12)8-13-9-14/h3-7H,8H2,1-2H3. The van der Waals surface area contributed by atoms with E-state index >= 15 is 0 Å². The van der Waals surface area contributed by atoms with E-state index in [4.69, 9.17) is 0 Å². The molecule has 0 atom stereocenters. The Kier molecular flexibility index (Phi) is 3.84. The van der Waals surface area contributed by atoms with Gasteiger partial charge in [-0.1, -0.05) is 30.3 Å². The number of nitrogens with zero attached hydrogens (tertiary/aromatic N) is 1. The molecular formula is C12H13NO. The number of isocyanates is 1. The fraction of sp³-hybridized carbons (Fsp3) is 0.250. The molecule has 0 radical (unpaired) electrons. The number of aliphatic imine (C=N–C) groups is 1. The number of rotatable bonds is 3. The quantitative estimate of drug-likeness (QED) is 0.528. The molecule has 0 unspecified atom stereocenters. The van der Waals surface area contributed by atoms with Gasteiger partial charge in [-0.3, -0.25) is 0 Å². The van der Waals surface area contributed by atoms with E-state index in [0.717, 1.165) is 11.1 Å². The van der Waals surface area contributed by atoms with Crippen LogP contribution < -0.4 is 0 Å². The molecule has 0 saturated carbocycles. The monoisotopic (exact) mass is 187 g/mol. The molecular weight excluding hydrogens is 174 g/mol. The average Bonchev–Trinajstić information content (AvgIpc) is 2.25. The summed E-state index contributed by atoms with van der Waals surface area (Å²) in [6.45, 7) is 4.45. The van der Waals surface area contributed by atoms with E-state index < -0.39 is 0 Å². The predicted octanol–water partition coefficient (Wildman–Crippen LogP) is 2.95. The Morgan fingerprint density at radius 2 is 2.21 bits per heavy atom. The smallest absolute Gasteiger partial charge is 0.211 e. The van der Waals surface area contributed by atoms with Gasteiger partial charge >= 0.3 is 0 Å². The van der Waals surface area contributed by atoms with Gasteiger partial charge in [-0.05, 0) is 30.5 Å². The number of allylic oxidation sites excluding steroid dienone is 2. The Hall–Kier alpha value is -1.66. The summed E-state index contributed by atoms with van der Waals surface area (Å²) in [6, 6.07) is 7.94. The van der Waals surface area contributed by atoms with E-state index in [2.05, 4.69) is 4.99 Å². The van der Waals surface area contributed by atoms with E-state index in [-0.39, 0.29) is 0 Å². The van der Waals surface area contributed by atoms with Crippen molar-refractivity contribution in [3.05, 3.63) is 41.5 Å². The van der Waals surface area contributed by atoms with Crippen LogP contribution in [0.1, 0.15) is 25.0 Å². The van der Waals surface area contributed by atoms with Crippen LogP contribution in [0.2, 0.25) is 0 Å². The molecule has 0 fully saturated rings. The van der Waals surface area contributed by atoms with Gasteiger partial charge in [-0.2, -0.15) is 0 Å². The third-order valence-electron chi connectivity index (χ3n) is 2.19. The van der Waals surface area contributed by atoms with E-state index in [1.807, 2.05) is 44.2 Å². The van der Waals surface area contributed by atoms with Gasteiger partial charge in [0, 0.05) is 0 Å². The zero-order valence-electron chi connectivity index (χ0n) is 8.45. The van der Waals surface area contributed by atoms with Gasteiger partial charge in [-0.15, -0.1) is 0 Å². The van der Waals surface area contributed by atoms with Crippen molar-refractivity contribution in [2.75, 3.05) is 0 Å². The van der Waals surface area contributed by atoms with Crippen molar-refractivity contribution in [3.63, 3.8) is 0 Å². The third-order valence-corrected chi connectivity index (χ3v) is 2.19. The summed E-state index contributed by atoms with van der Waals surface area (Å²) in [5.41, 5.74) is 3.40. The number of benzene rings is 1. The van der Waals surface area contributed by atoms with Crippen molar-refractivity contribution in [3.8, 4) is 0 Å². The van der Waals surface area contributed by atoms with Crippen molar-refractivity contribution in [1.29, 1.82) is 0 Å². The summed E-state index contributed by atoms with van der Waals surface area (Å²) in [5, 5.41) is 0. The normalized spacial score (nSPS) is 10.9. The van der Waals surface area contributed by atoms with Crippen molar-refractivity contribution >= 4 is 11.7 Å². The van der Waals surface area contributed by atoms with Gasteiger partial charge in [0.15, 0.2) is 0 Å². The molecule has 0 aromatic heterocycles. The second-order valence-corrected chi connectivity index (χ2v) is 3.04. The van der Waals surface area contributed by atoms with Crippen LogP contribution in [0.15, 0.2) is 35.3 Å². The summed E-state index contributed by atoms with van der Waals surface area (Å²) < 4.78 is 0. The molecule has 72 valence electrons. The molecule has 1 aromatic carbocycles. The molecule has 14 heavy (non-hydrogen) atoms. The Morgan fingerprint density at radius 1 is 1.50 bits per heavy atom. The van der Waals surface area contributed by atoms with Crippen LogP contribution in [0, 0.1) is 0 Å². The number of hydrogen-bond acceptors (Lipinski definition) is 2. The lowest BCUT2D eigenvalue weighted by molar-refractivity contribution is 0.563. The first-order valence-corrected chi connectivity index (χ1v) is 4.54. The van der Waals surface area contributed by atoms with E-state index in [1.54, 1.807) is 6.08 Å². The molecule has 0 bridgehead atoms. The lowest BCUT2D eigenvalue weighted by Crippen LogP contribution is -1.89. The molecule has 0 saturated heterocycles. The van der Waals surface area contributed by atoms with Crippen molar-refractivity contribution in [2.24, 2.45) is 4.99 Å². The van der Waals surface area contributed by atoms with Crippen LogP contribution in [0.5, 0.6) is 0 Å². The maximum absolute atomic E-state index is 10.0. The highest BCUT2D eigenvalue weighted by Crippen LogP contribution is 2.18. The highest BCUT2D eigenvalue weighted by Gasteiger charge is 2.01. The Bertz CT molecular complexity index is 387. The van der Waals surface area contributed by atoms with Crippen LogP contribution in [-0.4, -0.2) is 6.08 Å². The Labute approximate surface area is 84.0 Å². The fourth-order valence-corrected chi connectivity index (χ4v) is 1.32. The molecule has 0 amide bonds. The summed E-state index contributed by atoms with van der Waals surface area (Å²) in [4.78, 5) is 13.6.